The molecule has 29 heavy (non-hydrogen) atoms. The molecule has 8 heteroatoms. The smallest absolute Gasteiger partial charge is 0.287 e. The molecular weight excluding hydrogens is 372 g/mol. The third kappa shape index (κ3) is 4.48. The van der Waals surface area contributed by atoms with Gasteiger partial charge in [-0.1, -0.05) is 18.2 Å². The van der Waals surface area contributed by atoms with Gasteiger partial charge in [0.05, 0.1) is 12.3 Å². The second-order valence-electron chi connectivity index (χ2n) is 7.45. The second-order valence-corrected chi connectivity index (χ2v) is 7.45. The first-order valence-electron chi connectivity index (χ1n) is 9.83. The summed E-state index contributed by atoms with van der Waals surface area (Å²) in [5.41, 5.74) is 0.772. The maximum Gasteiger partial charge on any atom is 0.287 e. The molecule has 0 aliphatic carbocycles. The summed E-state index contributed by atoms with van der Waals surface area (Å²) in [5.74, 6) is -0.0937. The number of hydrogen-bond donors (Lipinski definition) is 3. The number of rotatable bonds is 6. The van der Waals surface area contributed by atoms with Gasteiger partial charge in [0.1, 0.15) is 0 Å². The number of furan rings is 1. The van der Waals surface area contributed by atoms with Crippen molar-refractivity contribution in [2.24, 2.45) is 0 Å². The van der Waals surface area contributed by atoms with E-state index < -0.39 is 0 Å². The zero-order chi connectivity index (χ0) is 20.2. The number of nitrogens with one attached hydrogen (secondary N) is 3. The fourth-order valence-electron chi connectivity index (χ4n) is 4.06. The molecule has 1 aromatic heterocycles. The molecule has 3 heterocycles. The first-order valence-corrected chi connectivity index (χ1v) is 9.83. The zero-order valence-corrected chi connectivity index (χ0v) is 16.0. The van der Waals surface area contributed by atoms with E-state index in [2.05, 4.69) is 20.9 Å². The summed E-state index contributed by atoms with van der Waals surface area (Å²) < 4.78 is 5.13. The number of nitrogens with zero attached hydrogens (tertiary/aromatic N) is 1. The Morgan fingerprint density at radius 1 is 1.17 bits per heavy atom. The van der Waals surface area contributed by atoms with Crippen LogP contribution in [0, 0.1) is 0 Å². The molecule has 4 rings (SSSR count). The quantitative estimate of drug-likeness (QED) is 0.684. The van der Waals surface area contributed by atoms with Crippen molar-refractivity contribution in [3.8, 4) is 0 Å². The fraction of sp³-hybridized carbons (Fsp3) is 0.381. The monoisotopic (exact) mass is 396 g/mol. The number of amides is 3. The van der Waals surface area contributed by atoms with E-state index in [4.69, 9.17) is 4.42 Å². The average Bonchev–Trinajstić information content (AvgIpc) is 3.39. The minimum Gasteiger partial charge on any atom is -0.459 e. The van der Waals surface area contributed by atoms with Crippen LogP contribution in [0.3, 0.4) is 0 Å². The van der Waals surface area contributed by atoms with E-state index >= 15 is 0 Å². The number of para-hydroxylation sites is 1. The highest BCUT2D eigenvalue weighted by Gasteiger charge is 2.43. The largest absolute Gasteiger partial charge is 0.459 e. The third-order valence-electron chi connectivity index (χ3n) is 5.47. The predicted octanol–water partition coefficient (Wildman–Crippen LogP) is 1.37. The van der Waals surface area contributed by atoms with Crippen LogP contribution in [0.5, 0.6) is 0 Å². The predicted molar refractivity (Wildman–Crippen MR) is 106 cm³/mol. The topological polar surface area (TPSA) is 104 Å². The number of benzene rings is 1. The van der Waals surface area contributed by atoms with Crippen LogP contribution in [0.15, 0.2) is 53.1 Å². The summed E-state index contributed by atoms with van der Waals surface area (Å²) in [6, 6.07) is 12.3. The minimum absolute atomic E-state index is 0.0234. The zero-order valence-electron chi connectivity index (χ0n) is 16.0. The fourth-order valence-corrected chi connectivity index (χ4v) is 4.06. The highest BCUT2D eigenvalue weighted by molar-refractivity contribution is 5.92. The molecule has 0 saturated carbocycles. The van der Waals surface area contributed by atoms with E-state index in [9.17, 15) is 14.4 Å². The van der Waals surface area contributed by atoms with Crippen molar-refractivity contribution < 1.29 is 18.8 Å². The van der Waals surface area contributed by atoms with Gasteiger partial charge < -0.3 is 20.4 Å². The first-order chi connectivity index (χ1) is 14.1. The van der Waals surface area contributed by atoms with Gasteiger partial charge in [0, 0.05) is 37.3 Å². The van der Waals surface area contributed by atoms with E-state index in [1.165, 1.54) is 6.26 Å². The standard InChI is InChI=1S/C21H24N4O4/c26-19(23-14-5-2-1-3-6-14)9-8-16-12-22-20(27)17-11-15(13-25(16)17)24-21(28)18-7-4-10-29-18/h1-7,10,15-17H,8-9,11-13H2,(H,22,27)(H,23,26)(H,24,28). The van der Waals surface area contributed by atoms with Crippen LogP contribution in [-0.2, 0) is 9.59 Å². The lowest BCUT2D eigenvalue weighted by Crippen LogP contribution is -2.57. The Bertz CT molecular complexity index is 868. The van der Waals surface area contributed by atoms with Gasteiger partial charge in [0.15, 0.2) is 5.76 Å². The summed E-state index contributed by atoms with van der Waals surface area (Å²) >= 11 is 0. The Morgan fingerprint density at radius 2 is 2.00 bits per heavy atom. The number of anilines is 1. The van der Waals surface area contributed by atoms with Gasteiger partial charge in [-0.05, 0) is 37.1 Å². The Kier molecular flexibility index (Phi) is 5.62. The maximum atomic E-state index is 12.3. The van der Waals surface area contributed by atoms with Crippen molar-refractivity contribution >= 4 is 23.4 Å². The number of carbonyl (C=O) groups excluding carboxylic acids is 3. The minimum atomic E-state index is -0.284. The lowest BCUT2D eigenvalue weighted by atomic mass is 10.0. The summed E-state index contributed by atoms with van der Waals surface area (Å²) in [6.07, 6.45) is 3.00. The normalized spacial score (nSPS) is 23.9. The van der Waals surface area contributed by atoms with Gasteiger partial charge in [-0.3, -0.25) is 19.3 Å². The SMILES string of the molecule is O=C(CCC1CNC(=O)C2CC(NC(=O)c3ccco3)CN12)Nc1ccccc1. The molecule has 2 saturated heterocycles. The van der Waals surface area contributed by atoms with Crippen LogP contribution in [0.4, 0.5) is 5.69 Å². The molecule has 3 amide bonds. The van der Waals surface area contributed by atoms with Gasteiger partial charge in [-0.2, -0.15) is 0 Å². The van der Waals surface area contributed by atoms with Crippen LogP contribution in [0.1, 0.15) is 29.8 Å². The Balaban J connectivity index is 1.32. The molecule has 2 aliphatic rings. The molecule has 0 bridgehead atoms. The molecule has 3 unspecified atom stereocenters. The molecule has 1 aromatic carbocycles. The second kappa shape index (κ2) is 8.48. The van der Waals surface area contributed by atoms with Crippen LogP contribution >= 0.6 is 0 Å². The number of carbonyl (C=O) groups is 3. The van der Waals surface area contributed by atoms with Crippen molar-refractivity contribution in [1.29, 1.82) is 0 Å². The van der Waals surface area contributed by atoms with Gasteiger partial charge >= 0.3 is 0 Å². The molecule has 3 atom stereocenters. The van der Waals surface area contributed by atoms with E-state index in [0.717, 1.165) is 5.69 Å². The molecule has 152 valence electrons. The first kappa shape index (κ1) is 19.2. The van der Waals surface area contributed by atoms with E-state index in [1.54, 1.807) is 12.1 Å². The lowest BCUT2D eigenvalue weighted by Gasteiger charge is -2.37. The van der Waals surface area contributed by atoms with Crippen LogP contribution in [0.25, 0.3) is 0 Å². The lowest BCUT2D eigenvalue weighted by molar-refractivity contribution is -0.129. The molecule has 0 spiro atoms. The van der Waals surface area contributed by atoms with Gasteiger partial charge in [0.25, 0.3) is 5.91 Å². The molecule has 3 N–H and O–H groups in total. The van der Waals surface area contributed by atoms with E-state index in [-0.39, 0.29) is 41.6 Å². The highest BCUT2D eigenvalue weighted by Crippen LogP contribution is 2.26. The summed E-state index contributed by atoms with van der Waals surface area (Å²) in [7, 11) is 0. The van der Waals surface area contributed by atoms with Crippen molar-refractivity contribution in [3.05, 3.63) is 54.5 Å². The molecular formula is C21H24N4O4. The Labute approximate surface area is 168 Å². The van der Waals surface area contributed by atoms with Crippen molar-refractivity contribution in [2.75, 3.05) is 18.4 Å². The summed E-state index contributed by atoms with van der Waals surface area (Å²) in [5, 5.41) is 8.77. The number of piperazine rings is 1. The van der Waals surface area contributed by atoms with Crippen LogP contribution < -0.4 is 16.0 Å². The van der Waals surface area contributed by atoms with E-state index in [0.29, 0.717) is 32.4 Å². The third-order valence-corrected chi connectivity index (χ3v) is 5.47. The molecule has 0 radical (unpaired) electrons. The summed E-state index contributed by atoms with van der Waals surface area (Å²) in [4.78, 5) is 38.9. The molecule has 2 aromatic rings. The van der Waals surface area contributed by atoms with Crippen LogP contribution in [-0.4, -0.2) is 53.8 Å². The van der Waals surface area contributed by atoms with Crippen molar-refractivity contribution in [3.63, 3.8) is 0 Å². The van der Waals surface area contributed by atoms with Gasteiger partial charge in [0.2, 0.25) is 11.8 Å². The highest BCUT2D eigenvalue weighted by atomic mass is 16.3. The Hall–Kier alpha value is -3.13. The Morgan fingerprint density at radius 3 is 2.76 bits per heavy atom. The number of hydrogen-bond acceptors (Lipinski definition) is 5. The summed E-state index contributed by atoms with van der Waals surface area (Å²) in [6.45, 7) is 1.09. The molecule has 2 fully saturated rings. The van der Waals surface area contributed by atoms with Gasteiger partial charge in [-0.15, -0.1) is 0 Å². The molecule has 2 aliphatic heterocycles. The maximum absolute atomic E-state index is 12.3. The van der Waals surface area contributed by atoms with Gasteiger partial charge in [-0.25, -0.2) is 0 Å². The molecule has 8 nitrogen and oxygen atoms in total. The van der Waals surface area contributed by atoms with Crippen molar-refractivity contribution in [1.82, 2.24) is 15.5 Å². The number of fused-ring (bicyclic) bond motifs is 1. The van der Waals surface area contributed by atoms with E-state index in [1.807, 2.05) is 30.3 Å². The van der Waals surface area contributed by atoms with Crippen LogP contribution in [0.2, 0.25) is 0 Å². The van der Waals surface area contributed by atoms with Crippen molar-refractivity contribution in [2.45, 2.75) is 37.4 Å². The average molecular weight is 396 g/mol.